The minimum absolute atomic E-state index is 0.0714. The van der Waals surface area contributed by atoms with Crippen molar-refractivity contribution in [3.05, 3.63) is 45.1 Å². The number of benzene rings is 1. The first-order chi connectivity index (χ1) is 18.3. The van der Waals surface area contributed by atoms with E-state index < -0.39 is 18.3 Å². The zero-order valence-corrected chi connectivity index (χ0v) is 24.6. The molecule has 2 heterocycles. The predicted molar refractivity (Wildman–Crippen MR) is 149 cm³/mol. The molecule has 0 bridgehead atoms. The predicted octanol–water partition coefficient (Wildman–Crippen LogP) is 4.76. The molecule has 12 heteroatoms. The van der Waals surface area contributed by atoms with Crippen LogP contribution >= 0.6 is 23.2 Å². The highest BCUT2D eigenvalue weighted by Gasteiger charge is 2.34. The monoisotopic (exact) mass is 582 g/mol. The molecule has 0 aliphatic carbocycles. The lowest BCUT2D eigenvalue weighted by Gasteiger charge is -2.17. The van der Waals surface area contributed by atoms with Crippen LogP contribution in [0, 0.1) is 0 Å². The number of esters is 1. The number of carbonyl (C=O) groups excluding carboxylic acids is 3. The van der Waals surface area contributed by atoms with E-state index >= 15 is 0 Å². The second-order valence-electron chi connectivity index (χ2n) is 10.3. The fourth-order valence-corrected chi connectivity index (χ4v) is 4.68. The number of hydrogen-bond acceptors (Lipinski definition) is 7. The van der Waals surface area contributed by atoms with Crippen LogP contribution in [0.5, 0.6) is 0 Å². The molecule has 1 atom stereocenters. The molecule has 1 aliphatic rings. The third-order valence-electron chi connectivity index (χ3n) is 5.85. The normalized spacial score (nSPS) is 14.5. The van der Waals surface area contributed by atoms with Crippen molar-refractivity contribution >= 4 is 41.4 Å². The number of amides is 2. The molecular formula is C27H36Cl2N4O6. The molecule has 10 nitrogen and oxygen atoms in total. The summed E-state index contributed by atoms with van der Waals surface area (Å²) in [5, 5.41) is 6.17. The van der Waals surface area contributed by atoms with Gasteiger partial charge in [-0.25, -0.2) is 9.59 Å². The second-order valence-corrected chi connectivity index (χ2v) is 11.1. The summed E-state index contributed by atoms with van der Waals surface area (Å²) in [4.78, 5) is 38.9. The Morgan fingerprint density at radius 1 is 0.974 bits per heavy atom. The number of likely N-dealkylation sites (N-methyl/N-ethyl adjacent to an activating group) is 1. The third-order valence-corrected chi connectivity index (χ3v) is 6.59. The van der Waals surface area contributed by atoms with Crippen molar-refractivity contribution < 1.29 is 28.6 Å². The van der Waals surface area contributed by atoms with Gasteiger partial charge in [-0.3, -0.25) is 9.69 Å². The Balaban J connectivity index is 2.04. The van der Waals surface area contributed by atoms with Gasteiger partial charge in [-0.2, -0.15) is 0 Å². The van der Waals surface area contributed by atoms with Gasteiger partial charge in [0.15, 0.2) is 0 Å². The van der Waals surface area contributed by atoms with Gasteiger partial charge in [0.1, 0.15) is 19.3 Å². The Bertz CT molecular complexity index is 1210. The Hall–Kier alpha value is -2.95. The molecule has 2 aromatic rings. The van der Waals surface area contributed by atoms with Gasteiger partial charge in [-0.15, -0.1) is 0 Å². The smallest absolute Gasteiger partial charge is 0.407 e. The van der Waals surface area contributed by atoms with Crippen molar-refractivity contribution in [2.24, 2.45) is 0 Å². The van der Waals surface area contributed by atoms with Gasteiger partial charge in [0.05, 0.1) is 28.8 Å². The maximum atomic E-state index is 12.4. The molecule has 0 fully saturated rings. The highest BCUT2D eigenvalue weighted by molar-refractivity contribution is 6.42. The summed E-state index contributed by atoms with van der Waals surface area (Å²) in [6.45, 7) is 7.70. The summed E-state index contributed by atoms with van der Waals surface area (Å²) in [6, 6.07) is 5.02. The van der Waals surface area contributed by atoms with Gasteiger partial charge in [0.2, 0.25) is 0 Å². The Morgan fingerprint density at radius 2 is 1.56 bits per heavy atom. The van der Waals surface area contributed by atoms with Crippen LogP contribution in [0.25, 0.3) is 11.3 Å². The maximum absolute atomic E-state index is 12.4. The Morgan fingerprint density at radius 3 is 2.10 bits per heavy atom. The molecule has 1 aliphatic heterocycles. The Labute approximate surface area is 238 Å². The minimum Gasteiger partial charge on any atom is -0.459 e. The van der Waals surface area contributed by atoms with E-state index in [4.69, 9.17) is 37.4 Å². The first-order valence-corrected chi connectivity index (χ1v) is 13.5. The summed E-state index contributed by atoms with van der Waals surface area (Å²) < 4.78 is 18.9. The summed E-state index contributed by atoms with van der Waals surface area (Å²) in [7, 11) is 3.59. The van der Waals surface area contributed by atoms with Crippen LogP contribution in [0.3, 0.4) is 0 Å². The standard InChI is InChI=1S/C27H36Cl2N4O6/c1-15(2)30-26(35)37-13-19-20(14-38-27(36)31-16(3)4)25(17-7-8-21(28)22(29)9-17)33-11-18(10-23(19)33)39-24(34)12-32(5)6/h7-9,15-16,18H,10-14H2,1-6H3,(H,30,35)(H,31,36)/t18-/m1/s1. The van der Waals surface area contributed by atoms with E-state index in [1.807, 2.05) is 38.3 Å². The largest absolute Gasteiger partial charge is 0.459 e. The number of ether oxygens (including phenoxy) is 3. The van der Waals surface area contributed by atoms with Gasteiger partial charge in [0.25, 0.3) is 0 Å². The van der Waals surface area contributed by atoms with Crippen molar-refractivity contribution in [3.8, 4) is 11.3 Å². The molecule has 0 saturated heterocycles. The number of halogens is 2. The lowest BCUT2D eigenvalue weighted by molar-refractivity contribution is -0.149. The van der Waals surface area contributed by atoms with Gasteiger partial charge < -0.3 is 29.4 Å². The fourth-order valence-electron chi connectivity index (χ4n) is 4.39. The molecule has 0 unspecified atom stereocenters. The molecular weight excluding hydrogens is 547 g/mol. The van der Waals surface area contributed by atoms with Crippen LogP contribution in [0.4, 0.5) is 9.59 Å². The summed E-state index contributed by atoms with van der Waals surface area (Å²) in [5.41, 5.74) is 3.61. The van der Waals surface area contributed by atoms with Gasteiger partial charge in [-0.1, -0.05) is 29.3 Å². The number of nitrogens with zero attached hydrogens (tertiary/aromatic N) is 2. The number of nitrogens with one attached hydrogen (secondary N) is 2. The van der Waals surface area contributed by atoms with Gasteiger partial charge in [-0.05, 0) is 53.9 Å². The third kappa shape index (κ3) is 8.27. The summed E-state index contributed by atoms with van der Waals surface area (Å²) >= 11 is 12.6. The number of carbonyl (C=O) groups is 3. The summed E-state index contributed by atoms with van der Waals surface area (Å²) in [6.07, 6.45) is -1.17. The van der Waals surface area contributed by atoms with Crippen molar-refractivity contribution in [2.45, 2.75) is 72.1 Å². The molecule has 1 aromatic heterocycles. The van der Waals surface area contributed by atoms with Crippen LogP contribution in [0.15, 0.2) is 18.2 Å². The van der Waals surface area contributed by atoms with Crippen LogP contribution < -0.4 is 10.6 Å². The van der Waals surface area contributed by atoms with Crippen LogP contribution in [-0.4, -0.2) is 66.5 Å². The SMILES string of the molecule is CC(C)NC(=O)OCc1c(COC(=O)NC(C)C)c(-c2ccc(Cl)c(Cl)c2)n2c1C[C@@H](OC(=O)CN(C)C)C2. The zero-order chi connectivity index (χ0) is 28.9. The highest BCUT2D eigenvalue weighted by Crippen LogP contribution is 2.39. The number of aromatic nitrogens is 1. The van der Waals surface area contributed by atoms with Crippen LogP contribution in [0.2, 0.25) is 10.0 Å². The lowest BCUT2D eigenvalue weighted by atomic mass is 10.0. The highest BCUT2D eigenvalue weighted by atomic mass is 35.5. The first kappa shape index (κ1) is 30.6. The van der Waals surface area contributed by atoms with E-state index in [0.29, 0.717) is 34.1 Å². The van der Waals surface area contributed by atoms with Crippen molar-refractivity contribution in [3.63, 3.8) is 0 Å². The molecule has 1 aromatic carbocycles. The molecule has 3 rings (SSSR count). The van der Waals surface area contributed by atoms with E-state index in [-0.39, 0.29) is 37.8 Å². The molecule has 2 N–H and O–H groups in total. The van der Waals surface area contributed by atoms with E-state index in [9.17, 15) is 14.4 Å². The topological polar surface area (TPSA) is 111 Å². The minimum atomic E-state index is -0.573. The van der Waals surface area contributed by atoms with Crippen LogP contribution in [-0.2, 0) is 45.2 Å². The lowest BCUT2D eigenvalue weighted by Crippen LogP contribution is -2.31. The van der Waals surface area contributed by atoms with E-state index in [1.165, 1.54) is 0 Å². The Kier molecular flexibility index (Phi) is 10.5. The number of fused-ring (bicyclic) bond motifs is 1. The van der Waals surface area contributed by atoms with Crippen molar-refractivity contribution in [1.29, 1.82) is 0 Å². The van der Waals surface area contributed by atoms with E-state index in [0.717, 1.165) is 17.0 Å². The summed E-state index contributed by atoms with van der Waals surface area (Å²) in [5.74, 6) is -0.338. The molecule has 0 saturated carbocycles. The van der Waals surface area contributed by atoms with E-state index in [1.54, 1.807) is 31.1 Å². The zero-order valence-electron chi connectivity index (χ0n) is 23.1. The number of alkyl carbamates (subject to hydrolysis) is 2. The molecule has 214 valence electrons. The molecule has 0 radical (unpaired) electrons. The second kappa shape index (κ2) is 13.4. The fraction of sp³-hybridized carbons (Fsp3) is 0.519. The average Bonchev–Trinajstić information content (AvgIpc) is 3.32. The molecule has 2 amide bonds. The van der Waals surface area contributed by atoms with E-state index in [2.05, 4.69) is 10.6 Å². The molecule has 0 spiro atoms. The molecule has 39 heavy (non-hydrogen) atoms. The van der Waals surface area contributed by atoms with Gasteiger partial charge >= 0.3 is 18.2 Å². The number of rotatable bonds is 10. The first-order valence-electron chi connectivity index (χ1n) is 12.7. The van der Waals surface area contributed by atoms with Crippen molar-refractivity contribution in [2.75, 3.05) is 20.6 Å². The van der Waals surface area contributed by atoms with Crippen LogP contribution in [0.1, 0.15) is 44.5 Å². The average molecular weight is 584 g/mol. The quantitative estimate of drug-likeness (QED) is 0.307. The maximum Gasteiger partial charge on any atom is 0.407 e. The number of hydrogen-bond donors (Lipinski definition) is 2. The van der Waals surface area contributed by atoms with Crippen molar-refractivity contribution in [1.82, 2.24) is 20.1 Å². The van der Waals surface area contributed by atoms with Gasteiger partial charge in [0, 0.05) is 40.9 Å².